The van der Waals surface area contributed by atoms with E-state index in [1.807, 2.05) is 6.07 Å². The summed E-state index contributed by atoms with van der Waals surface area (Å²) in [6.07, 6.45) is -1.61. The van der Waals surface area contributed by atoms with Gasteiger partial charge in [0.1, 0.15) is 5.75 Å². The molecule has 2 rings (SSSR count). The van der Waals surface area contributed by atoms with Gasteiger partial charge in [-0.1, -0.05) is 31.2 Å². The van der Waals surface area contributed by atoms with Gasteiger partial charge in [0.2, 0.25) is 10.0 Å². The molecule has 0 fully saturated rings. The molecule has 0 bridgehead atoms. The lowest BCUT2D eigenvalue weighted by atomic mass is 10.2. The molecule has 150 valence electrons. The Morgan fingerprint density at radius 1 is 1.11 bits per heavy atom. The van der Waals surface area contributed by atoms with Crippen LogP contribution in [0.5, 0.6) is 5.75 Å². The minimum atomic E-state index is -3.90. The van der Waals surface area contributed by atoms with E-state index < -0.39 is 34.1 Å². The Kier molecular flexibility index (Phi) is 7.13. The summed E-state index contributed by atoms with van der Waals surface area (Å²) in [7, 11) is -3.90. The predicted octanol–water partition coefficient (Wildman–Crippen LogP) is 2.06. The number of hydrogen-bond acceptors (Lipinski definition) is 6. The summed E-state index contributed by atoms with van der Waals surface area (Å²) in [5, 5.41) is 7.56. The van der Waals surface area contributed by atoms with Crippen molar-refractivity contribution in [2.24, 2.45) is 5.14 Å². The lowest BCUT2D eigenvalue weighted by molar-refractivity contribution is -0.160. The zero-order chi connectivity index (χ0) is 20.7. The number of primary sulfonamides is 1. The lowest BCUT2D eigenvalue weighted by Gasteiger charge is -2.19. The van der Waals surface area contributed by atoms with Crippen LogP contribution in [0.4, 0.5) is 5.69 Å². The van der Waals surface area contributed by atoms with Crippen LogP contribution >= 0.6 is 0 Å². The van der Waals surface area contributed by atoms with E-state index >= 15 is 0 Å². The molecular formula is C19H22N2O6S. The monoisotopic (exact) mass is 406 g/mol. The van der Waals surface area contributed by atoms with E-state index in [-0.39, 0.29) is 10.6 Å². The van der Waals surface area contributed by atoms with Gasteiger partial charge in [-0.3, -0.25) is 4.79 Å². The highest BCUT2D eigenvalue weighted by atomic mass is 32.2. The van der Waals surface area contributed by atoms with Crippen molar-refractivity contribution in [3.8, 4) is 5.75 Å². The number of nitrogens with one attached hydrogen (secondary N) is 1. The van der Waals surface area contributed by atoms with Gasteiger partial charge in [-0.25, -0.2) is 18.4 Å². The second-order valence-corrected chi connectivity index (χ2v) is 7.53. The van der Waals surface area contributed by atoms with Gasteiger partial charge in [-0.05, 0) is 43.7 Å². The number of para-hydroxylation sites is 1. The summed E-state index contributed by atoms with van der Waals surface area (Å²) in [6, 6.07) is 14.3. The fourth-order valence-electron chi connectivity index (χ4n) is 2.26. The number of ether oxygens (including phenoxy) is 2. The fourth-order valence-corrected chi connectivity index (χ4v) is 2.82. The molecule has 1 amide bonds. The van der Waals surface area contributed by atoms with Crippen molar-refractivity contribution in [3.05, 3.63) is 54.6 Å². The number of amides is 1. The van der Waals surface area contributed by atoms with E-state index in [1.165, 1.54) is 31.2 Å². The average Bonchev–Trinajstić information content (AvgIpc) is 2.66. The SMILES string of the molecule is CC[C@H](Oc1ccccc1)C(=O)O[C@H](C)C(=O)Nc1cccc(S(N)(=O)=O)c1. The molecule has 2 aromatic rings. The number of carbonyl (C=O) groups is 2. The van der Waals surface area contributed by atoms with Gasteiger partial charge in [0.25, 0.3) is 5.91 Å². The van der Waals surface area contributed by atoms with Gasteiger partial charge in [0.15, 0.2) is 12.2 Å². The van der Waals surface area contributed by atoms with Crippen molar-refractivity contribution in [3.63, 3.8) is 0 Å². The number of sulfonamides is 1. The summed E-state index contributed by atoms with van der Waals surface area (Å²) in [4.78, 5) is 24.4. The molecule has 0 radical (unpaired) electrons. The van der Waals surface area contributed by atoms with Crippen molar-refractivity contribution in [1.29, 1.82) is 0 Å². The normalized spacial score (nSPS) is 13.2. The number of hydrogen-bond donors (Lipinski definition) is 2. The second-order valence-electron chi connectivity index (χ2n) is 5.97. The van der Waals surface area contributed by atoms with Gasteiger partial charge in [-0.2, -0.15) is 0 Å². The third-order valence-electron chi connectivity index (χ3n) is 3.75. The number of rotatable bonds is 8. The quantitative estimate of drug-likeness (QED) is 0.647. The van der Waals surface area contributed by atoms with Crippen LogP contribution in [0, 0.1) is 0 Å². The van der Waals surface area contributed by atoms with Gasteiger partial charge >= 0.3 is 5.97 Å². The van der Waals surface area contributed by atoms with Crippen LogP contribution in [0.15, 0.2) is 59.5 Å². The maximum atomic E-state index is 12.3. The molecule has 28 heavy (non-hydrogen) atoms. The molecule has 0 saturated heterocycles. The van der Waals surface area contributed by atoms with Crippen LogP contribution in [-0.4, -0.2) is 32.5 Å². The smallest absolute Gasteiger partial charge is 0.348 e. The average molecular weight is 406 g/mol. The molecule has 0 aliphatic rings. The zero-order valence-electron chi connectivity index (χ0n) is 15.5. The summed E-state index contributed by atoms with van der Waals surface area (Å²) in [6.45, 7) is 3.17. The van der Waals surface area contributed by atoms with Crippen LogP contribution in [0.3, 0.4) is 0 Å². The summed E-state index contributed by atoms with van der Waals surface area (Å²) in [5.74, 6) is -0.773. The molecule has 0 unspecified atom stereocenters. The van der Waals surface area contributed by atoms with Crippen LogP contribution < -0.4 is 15.2 Å². The Labute approximate surface area is 163 Å². The number of benzene rings is 2. The molecule has 0 aliphatic carbocycles. The van der Waals surface area contributed by atoms with Gasteiger partial charge in [-0.15, -0.1) is 0 Å². The first-order chi connectivity index (χ1) is 13.2. The molecule has 0 saturated carbocycles. The maximum absolute atomic E-state index is 12.3. The van der Waals surface area contributed by atoms with E-state index in [0.29, 0.717) is 12.2 Å². The highest BCUT2D eigenvalue weighted by Crippen LogP contribution is 2.16. The fraction of sp³-hybridized carbons (Fsp3) is 0.263. The summed E-state index contributed by atoms with van der Waals surface area (Å²) in [5.41, 5.74) is 0.215. The van der Waals surface area contributed by atoms with Crippen molar-refractivity contribution < 1.29 is 27.5 Å². The summed E-state index contributed by atoms with van der Waals surface area (Å²) < 4.78 is 33.6. The van der Waals surface area contributed by atoms with E-state index in [2.05, 4.69) is 5.32 Å². The largest absolute Gasteiger partial charge is 0.479 e. The molecule has 8 nitrogen and oxygen atoms in total. The van der Waals surface area contributed by atoms with Gasteiger partial charge in [0.05, 0.1) is 4.90 Å². The Morgan fingerprint density at radius 2 is 1.79 bits per heavy atom. The Morgan fingerprint density at radius 3 is 2.39 bits per heavy atom. The first-order valence-electron chi connectivity index (χ1n) is 8.56. The Bertz CT molecular complexity index is 930. The zero-order valence-corrected chi connectivity index (χ0v) is 16.3. The third kappa shape index (κ3) is 6.07. The van der Waals surface area contributed by atoms with Gasteiger partial charge in [0, 0.05) is 5.69 Å². The molecule has 0 aromatic heterocycles. The van der Waals surface area contributed by atoms with Crippen molar-refractivity contribution in [2.45, 2.75) is 37.4 Å². The topological polar surface area (TPSA) is 125 Å². The van der Waals surface area contributed by atoms with E-state index in [9.17, 15) is 18.0 Å². The molecular weight excluding hydrogens is 384 g/mol. The maximum Gasteiger partial charge on any atom is 0.348 e. The van der Waals surface area contributed by atoms with Crippen molar-refractivity contribution in [2.75, 3.05) is 5.32 Å². The molecule has 2 atom stereocenters. The van der Waals surface area contributed by atoms with Crippen LogP contribution in [0.2, 0.25) is 0 Å². The Hall–Kier alpha value is -2.91. The molecule has 0 spiro atoms. The highest BCUT2D eigenvalue weighted by Gasteiger charge is 2.25. The van der Waals surface area contributed by atoms with Gasteiger partial charge < -0.3 is 14.8 Å². The van der Waals surface area contributed by atoms with E-state index in [1.54, 1.807) is 31.2 Å². The predicted molar refractivity (Wildman–Crippen MR) is 103 cm³/mol. The molecule has 0 heterocycles. The van der Waals surface area contributed by atoms with Crippen LogP contribution in [0.25, 0.3) is 0 Å². The first kappa shape index (κ1) is 21.4. The van der Waals surface area contributed by atoms with Crippen molar-refractivity contribution >= 4 is 27.6 Å². The third-order valence-corrected chi connectivity index (χ3v) is 4.66. The van der Waals surface area contributed by atoms with E-state index in [4.69, 9.17) is 14.6 Å². The highest BCUT2D eigenvalue weighted by molar-refractivity contribution is 7.89. The number of nitrogens with two attached hydrogens (primary N) is 1. The number of anilines is 1. The molecule has 2 aromatic carbocycles. The standard InChI is InChI=1S/C19H22N2O6S/c1-3-17(27-15-9-5-4-6-10-15)19(23)26-13(2)18(22)21-14-8-7-11-16(12-14)28(20,24)25/h4-13,17H,3H2,1-2H3,(H,21,22)(H2,20,24,25)/t13-,17+/m1/s1. The molecule has 0 aliphatic heterocycles. The van der Waals surface area contributed by atoms with Crippen molar-refractivity contribution in [1.82, 2.24) is 0 Å². The molecule has 9 heteroatoms. The summed E-state index contributed by atoms with van der Waals surface area (Å²) >= 11 is 0. The molecule has 3 N–H and O–H groups in total. The van der Waals surface area contributed by atoms with Crippen LogP contribution in [-0.2, 0) is 24.3 Å². The van der Waals surface area contributed by atoms with E-state index in [0.717, 1.165) is 0 Å². The van der Waals surface area contributed by atoms with Crippen LogP contribution in [0.1, 0.15) is 20.3 Å². The minimum absolute atomic E-state index is 0.141. The number of carbonyl (C=O) groups excluding carboxylic acids is 2. The first-order valence-corrected chi connectivity index (χ1v) is 10.1. The number of esters is 1. The minimum Gasteiger partial charge on any atom is -0.479 e. The Balaban J connectivity index is 1.98. The lowest BCUT2D eigenvalue weighted by Crippen LogP contribution is -2.36. The second kappa shape index (κ2) is 9.34.